The summed E-state index contributed by atoms with van der Waals surface area (Å²) in [4.78, 5) is 36.1. The summed E-state index contributed by atoms with van der Waals surface area (Å²) < 4.78 is 0. The highest BCUT2D eigenvalue weighted by Crippen LogP contribution is 2.28. The molecule has 2 N–H and O–H groups in total. The van der Waals surface area contributed by atoms with Gasteiger partial charge in [0.2, 0.25) is 11.8 Å². The third kappa shape index (κ3) is 2.79. The standard InChI is InChI=1S/C14H17N3O3/c1-9(18)17-6-5-10-7-11(3-4-12(10)17)14(20)16-8-13(19)15-2/h3-4,7H,5-6,8H2,1-2H3,(H,15,19)(H,16,20). The average molecular weight is 275 g/mol. The van der Waals surface area contributed by atoms with E-state index >= 15 is 0 Å². The van der Waals surface area contributed by atoms with E-state index in [4.69, 9.17) is 0 Å². The van der Waals surface area contributed by atoms with E-state index in [-0.39, 0.29) is 24.3 Å². The topological polar surface area (TPSA) is 78.5 Å². The van der Waals surface area contributed by atoms with Crippen LogP contribution in [0.3, 0.4) is 0 Å². The number of rotatable bonds is 3. The van der Waals surface area contributed by atoms with Crippen LogP contribution in [0.5, 0.6) is 0 Å². The largest absolute Gasteiger partial charge is 0.358 e. The van der Waals surface area contributed by atoms with Gasteiger partial charge in [-0.2, -0.15) is 0 Å². The van der Waals surface area contributed by atoms with Crippen LogP contribution < -0.4 is 15.5 Å². The van der Waals surface area contributed by atoms with Crippen molar-refractivity contribution in [2.75, 3.05) is 25.0 Å². The molecule has 1 aromatic rings. The predicted molar refractivity (Wildman–Crippen MR) is 74.6 cm³/mol. The molecule has 0 atom stereocenters. The van der Waals surface area contributed by atoms with Crippen molar-refractivity contribution >= 4 is 23.4 Å². The minimum Gasteiger partial charge on any atom is -0.358 e. The van der Waals surface area contributed by atoms with Gasteiger partial charge >= 0.3 is 0 Å². The Kier molecular flexibility index (Phi) is 4.02. The Morgan fingerprint density at radius 2 is 2.05 bits per heavy atom. The highest BCUT2D eigenvalue weighted by molar-refractivity contribution is 5.99. The quantitative estimate of drug-likeness (QED) is 0.819. The molecule has 0 saturated heterocycles. The lowest BCUT2D eigenvalue weighted by molar-refractivity contribution is -0.119. The lowest BCUT2D eigenvalue weighted by atomic mass is 10.1. The summed E-state index contributed by atoms with van der Waals surface area (Å²) >= 11 is 0. The molecule has 6 heteroatoms. The fourth-order valence-electron chi connectivity index (χ4n) is 2.22. The number of nitrogens with one attached hydrogen (secondary N) is 2. The molecule has 0 fully saturated rings. The van der Waals surface area contributed by atoms with Gasteiger partial charge in [-0.25, -0.2) is 0 Å². The molecule has 1 aromatic carbocycles. The SMILES string of the molecule is CNC(=O)CNC(=O)c1ccc2c(c1)CCN2C(C)=O. The third-order valence-electron chi connectivity index (χ3n) is 3.31. The molecular weight excluding hydrogens is 258 g/mol. The molecule has 2 rings (SSSR count). The second-order valence-electron chi connectivity index (χ2n) is 4.62. The molecule has 0 aromatic heterocycles. The van der Waals surface area contributed by atoms with Crippen molar-refractivity contribution in [1.29, 1.82) is 0 Å². The summed E-state index contributed by atoms with van der Waals surface area (Å²) in [6, 6.07) is 5.22. The van der Waals surface area contributed by atoms with Crippen molar-refractivity contribution in [3.05, 3.63) is 29.3 Å². The molecule has 0 aliphatic carbocycles. The zero-order valence-electron chi connectivity index (χ0n) is 11.5. The number of nitrogens with zero attached hydrogens (tertiary/aromatic N) is 1. The van der Waals surface area contributed by atoms with E-state index in [9.17, 15) is 14.4 Å². The Morgan fingerprint density at radius 1 is 1.30 bits per heavy atom. The monoisotopic (exact) mass is 275 g/mol. The van der Waals surface area contributed by atoms with Crippen LogP contribution in [0.2, 0.25) is 0 Å². The Morgan fingerprint density at radius 3 is 2.70 bits per heavy atom. The number of amides is 3. The Bertz CT molecular complexity index is 569. The summed E-state index contributed by atoms with van der Waals surface area (Å²) in [6.45, 7) is 2.12. The van der Waals surface area contributed by atoms with Gasteiger partial charge in [-0.15, -0.1) is 0 Å². The summed E-state index contributed by atoms with van der Waals surface area (Å²) in [5.41, 5.74) is 2.34. The highest BCUT2D eigenvalue weighted by atomic mass is 16.2. The molecule has 0 radical (unpaired) electrons. The third-order valence-corrected chi connectivity index (χ3v) is 3.31. The number of anilines is 1. The van der Waals surface area contributed by atoms with Crippen LogP contribution in [0.15, 0.2) is 18.2 Å². The Labute approximate surface area is 117 Å². The van der Waals surface area contributed by atoms with Crippen molar-refractivity contribution in [3.8, 4) is 0 Å². The zero-order chi connectivity index (χ0) is 14.7. The fourth-order valence-corrected chi connectivity index (χ4v) is 2.22. The van der Waals surface area contributed by atoms with Crippen LogP contribution in [0.25, 0.3) is 0 Å². The minimum atomic E-state index is -0.294. The number of benzene rings is 1. The van der Waals surface area contributed by atoms with Crippen LogP contribution in [0.1, 0.15) is 22.8 Å². The molecule has 0 saturated carbocycles. The molecule has 1 aliphatic heterocycles. The molecule has 6 nitrogen and oxygen atoms in total. The molecule has 1 aliphatic rings. The van der Waals surface area contributed by atoms with E-state index in [0.717, 1.165) is 17.7 Å². The van der Waals surface area contributed by atoms with Gasteiger partial charge in [0.15, 0.2) is 0 Å². The van der Waals surface area contributed by atoms with Crippen LogP contribution in [-0.2, 0) is 16.0 Å². The molecule has 20 heavy (non-hydrogen) atoms. The zero-order valence-corrected chi connectivity index (χ0v) is 11.5. The summed E-state index contributed by atoms with van der Waals surface area (Å²) in [7, 11) is 1.51. The number of carbonyl (C=O) groups excluding carboxylic acids is 3. The number of likely N-dealkylation sites (N-methyl/N-ethyl adjacent to an activating group) is 1. The predicted octanol–water partition coefficient (Wildman–Crippen LogP) is 0.0714. The first-order chi connectivity index (χ1) is 9.52. The average Bonchev–Trinajstić information content (AvgIpc) is 2.87. The number of hydrogen-bond donors (Lipinski definition) is 2. The smallest absolute Gasteiger partial charge is 0.251 e. The van der Waals surface area contributed by atoms with Crippen LogP contribution >= 0.6 is 0 Å². The lowest BCUT2D eigenvalue weighted by Gasteiger charge is -2.14. The van der Waals surface area contributed by atoms with Crippen molar-refractivity contribution in [1.82, 2.24) is 10.6 Å². The van der Waals surface area contributed by atoms with Crippen molar-refractivity contribution in [3.63, 3.8) is 0 Å². The molecule has 3 amide bonds. The van der Waals surface area contributed by atoms with Gasteiger partial charge in [-0.1, -0.05) is 0 Å². The van der Waals surface area contributed by atoms with Gasteiger partial charge in [0.1, 0.15) is 0 Å². The van der Waals surface area contributed by atoms with Gasteiger partial charge < -0.3 is 15.5 Å². The van der Waals surface area contributed by atoms with Gasteiger partial charge in [-0.3, -0.25) is 14.4 Å². The Hall–Kier alpha value is -2.37. The van der Waals surface area contributed by atoms with Crippen molar-refractivity contribution in [2.45, 2.75) is 13.3 Å². The maximum Gasteiger partial charge on any atom is 0.251 e. The minimum absolute atomic E-state index is 0.000526. The molecule has 1 heterocycles. The van der Waals surface area contributed by atoms with Crippen molar-refractivity contribution in [2.24, 2.45) is 0 Å². The maximum absolute atomic E-state index is 11.9. The number of fused-ring (bicyclic) bond motifs is 1. The van der Waals surface area contributed by atoms with Gasteiger partial charge in [0, 0.05) is 31.8 Å². The first-order valence-electron chi connectivity index (χ1n) is 6.42. The number of hydrogen-bond acceptors (Lipinski definition) is 3. The van der Waals surface area contributed by atoms with Gasteiger partial charge in [0.05, 0.1) is 6.54 Å². The fraction of sp³-hybridized carbons (Fsp3) is 0.357. The van der Waals surface area contributed by atoms with Crippen LogP contribution in [0, 0.1) is 0 Å². The summed E-state index contributed by atoms with van der Waals surface area (Å²) in [5.74, 6) is -0.541. The second kappa shape index (κ2) is 5.73. The molecule has 106 valence electrons. The second-order valence-corrected chi connectivity index (χ2v) is 4.62. The molecule has 0 bridgehead atoms. The van der Waals surface area contributed by atoms with Gasteiger partial charge in [0.25, 0.3) is 5.91 Å². The first-order valence-corrected chi connectivity index (χ1v) is 6.42. The van der Waals surface area contributed by atoms with Gasteiger partial charge in [-0.05, 0) is 30.2 Å². The lowest BCUT2D eigenvalue weighted by Crippen LogP contribution is -2.35. The van der Waals surface area contributed by atoms with E-state index in [2.05, 4.69) is 10.6 Å². The van der Waals surface area contributed by atoms with Crippen molar-refractivity contribution < 1.29 is 14.4 Å². The van der Waals surface area contributed by atoms with E-state index in [0.29, 0.717) is 12.1 Å². The number of carbonyl (C=O) groups is 3. The molecule has 0 spiro atoms. The van der Waals surface area contributed by atoms with E-state index in [1.165, 1.54) is 14.0 Å². The first kappa shape index (κ1) is 14.0. The Balaban J connectivity index is 2.10. The maximum atomic E-state index is 11.9. The highest BCUT2D eigenvalue weighted by Gasteiger charge is 2.23. The van der Waals surface area contributed by atoms with Crippen LogP contribution in [0.4, 0.5) is 5.69 Å². The van der Waals surface area contributed by atoms with E-state index in [1.54, 1.807) is 23.1 Å². The summed E-state index contributed by atoms with van der Waals surface area (Å²) in [5, 5.41) is 4.98. The molecular formula is C14H17N3O3. The normalized spacial score (nSPS) is 12.8. The van der Waals surface area contributed by atoms with Crippen LogP contribution in [-0.4, -0.2) is 37.9 Å². The summed E-state index contributed by atoms with van der Waals surface area (Å²) in [6.07, 6.45) is 0.742. The van der Waals surface area contributed by atoms with E-state index < -0.39 is 0 Å². The van der Waals surface area contributed by atoms with E-state index in [1.807, 2.05) is 0 Å². The molecule has 0 unspecified atom stereocenters.